The van der Waals surface area contributed by atoms with Gasteiger partial charge in [0.25, 0.3) is 0 Å². The third kappa shape index (κ3) is 3.70. The van der Waals surface area contributed by atoms with Crippen molar-refractivity contribution in [2.45, 2.75) is 25.3 Å². The lowest BCUT2D eigenvalue weighted by Gasteiger charge is -2.12. The average molecular weight is 229 g/mol. The maximum absolute atomic E-state index is 9.25. The zero-order valence-electron chi connectivity index (χ0n) is 8.62. The first-order valence-corrected chi connectivity index (χ1v) is 5.47. The molecule has 5 N–H and O–H groups in total. The lowest BCUT2D eigenvalue weighted by molar-refractivity contribution is 0.475. The molecule has 1 rings (SSSR count). The predicted molar refractivity (Wildman–Crippen MR) is 63.0 cm³/mol. The van der Waals surface area contributed by atoms with Gasteiger partial charge in [-0.1, -0.05) is 24.1 Å². The number of halogens is 1. The van der Waals surface area contributed by atoms with Crippen LogP contribution in [0.3, 0.4) is 0 Å². The molecule has 0 amide bonds. The quantitative estimate of drug-likeness (QED) is 0.677. The molecule has 0 aliphatic rings. The number of benzene rings is 1. The van der Waals surface area contributed by atoms with E-state index in [-0.39, 0.29) is 11.8 Å². The predicted octanol–water partition coefficient (Wildman–Crippen LogP) is 2.17. The van der Waals surface area contributed by atoms with Crippen LogP contribution in [0, 0.1) is 0 Å². The Morgan fingerprint density at radius 1 is 1.33 bits per heavy atom. The summed E-state index contributed by atoms with van der Waals surface area (Å²) in [6, 6.07) is 5.05. The van der Waals surface area contributed by atoms with E-state index in [1.807, 2.05) is 0 Å². The number of unbranched alkanes of at least 4 members (excludes halogenated alkanes) is 1. The number of phenols is 1. The van der Waals surface area contributed by atoms with Gasteiger partial charge in [0.15, 0.2) is 0 Å². The smallest absolute Gasteiger partial charge is 0.134 e. The van der Waals surface area contributed by atoms with E-state index in [0.717, 1.165) is 24.8 Å². The Labute approximate surface area is 95.0 Å². The Balaban J connectivity index is 2.57. The van der Waals surface area contributed by atoms with Crippen molar-refractivity contribution in [3.8, 4) is 5.75 Å². The van der Waals surface area contributed by atoms with Gasteiger partial charge in [-0.3, -0.25) is 0 Å². The van der Waals surface area contributed by atoms with E-state index in [1.54, 1.807) is 18.2 Å². The molecule has 0 saturated carbocycles. The topological polar surface area (TPSA) is 72.3 Å². The molecule has 84 valence electrons. The summed E-state index contributed by atoms with van der Waals surface area (Å²) < 4.78 is 0. The zero-order valence-corrected chi connectivity index (χ0v) is 9.37. The summed E-state index contributed by atoms with van der Waals surface area (Å²) in [4.78, 5) is 0. The molecule has 0 aromatic heterocycles. The first kappa shape index (κ1) is 12.3. The van der Waals surface area contributed by atoms with Gasteiger partial charge in [0, 0.05) is 6.04 Å². The van der Waals surface area contributed by atoms with Crippen molar-refractivity contribution >= 4 is 11.6 Å². The molecule has 0 unspecified atom stereocenters. The number of rotatable bonds is 5. The Morgan fingerprint density at radius 2 is 2.07 bits per heavy atom. The minimum atomic E-state index is -0.0327. The lowest BCUT2D eigenvalue weighted by atomic mass is 10.0. The van der Waals surface area contributed by atoms with Gasteiger partial charge in [0.1, 0.15) is 5.75 Å². The van der Waals surface area contributed by atoms with Crippen LogP contribution in [0.2, 0.25) is 5.02 Å². The van der Waals surface area contributed by atoms with Gasteiger partial charge < -0.3 is 16.6 Å². The molecule has 1 aromatic carbocycles. The van der Waals surface area contributed by atoms with E-state index in [0.29, 0.717) is 11.6 Å². The molecule has 0 heterocycles. The molecule has 0 bridgehead atoms. The van der Waals surface area contributed by atoms with Gasteiger partial charge in [-0.15, -0.1) is 0 Å². The Morgan fingerprint density at radius 3 is 2.67 bits per heavy atom. The van der Waals surface area contributed by atoms with Crippen LogP contribution in [0.15, 0.2) is 18.2 Å². The van der Waals surface area contributed by atoms with Gasteiger partial charge in [-0.25, -0.2) is 0 Å². The monoisotopic (exact) mass is 228 g/mol. The van der Waals surface area contributed by atoms with E-state index in [1.165, 1.54) is 0 Å². The molecule has 1 aromatic rings. The molecule has 1 atom stereocenters. The molecule has 0 saturated heterocycles. The van der Waals surface area contributed by atoms with E-state index < -0.39 is 0 Å². The minimum Gasteiger partial charge on any atom is -0.506 e. The summed E-state index contributed by atoms with van der Waals surface area (Å²) >= 11 is 5.79. The van der Waals surface area contributed by atoms with E-state index in [4.69, 9.17) is 23.1 Å². The van der Waals surface area contributed by atoms with E-state index in [2.05, 4.69) is 0 Å². The fourth-order valence-corrected chi connectivity index (χ4v) is 1.62. The molecule has 15 heavy (non-hydrogen) atoms. The molecule has 0 fully saturated rings. The normalized spacial score (nSPS) is 12.7. The van der Waals surface area contributed by atoms with Crippen LogP contribution in [-0.2, 0) is 0 Å². The van der Waals surface area contributed by atoms with E-state index in [9.17, 15) is 5.11 Å². The van der Waals surface area contributed by atoms with Crippen molar-refractivity contribution in [2.75, 3.05) is 6.54 Å². The zero-order chi connectivity index (χ0) is 11.3. The maximum atomic E-state index is 9.25. The molecule has 0 radical (unpaired) electrons. The van der Waals surface area contributed by atoms with Crippen LogP contribution >= 0.6 is 11.6 Å². The van der Waals surface area contributed by atoms with Gasteiger partial charge in [-0.05, 0) is 37.1 Å². The van der Waals surface area contributed by atoms with Crippen molar-refractivity contribution < 1.29 is 5.11 Å². The fourth-order valence-electron chi connectivity index (χ4n) is 1.43. The van der Waals surface area contributed by atoms with Crippen LogP contribution in [0.4, 0.5) is 0 Å². The van der Waals surface area contributed by atoms with Crippen molar-refractivity contribution in [1.82, 2.24) is 0 Å². The Hall–Kier alpha value is -0.770. The summed E-state index contributed by atoms with van der Waals surface area (Å²) in [5.74, 6) is 0.0922. The summed E-state index contributed by atoms with van der Waals surface area (Å²) in [6.07, 6.45) is 2.88. The highest BCUT2D eigenvalue weighted by Gasteiger charge is 2.07. The Kier molecular flexibility index (Phi) is 4.88. The highest BCUT2D eigenvalue weighted by Crippen LogP contribution is 2.27. The third-order valence-electron chi connectivity index (χ3n) is 2.37. The second-order valence-electron chi connectivity index (χ2n) is 3.60. The fraction of sp³-hybridized carbons (Fsp3) is 0.455. The first-order valence-electron chi connectivity index (χ1n) is 5.09. The summed E-state index contributed by atoms with van der Waals surface area (Å²) in [5, 5.41) is 9.60. The molecule has 0 spiro atoms. The highest BCUT2D eigenvalue weighted by molar-refractivity contribution is 6.32. The molecular formula is C11H17ClN2O. The van der Waals surface area contributed by atoms with Gasteiger partial charge in [0.05, 0.1) is 5.02 Å². The van der Waals surface area contributed by atoms with Gasteiger partial charge in [0.2, 0.25) is 0 Å². The number of phenolic OH excluding ortho intramolecular Hbond substituents is 1. The third-order valence-corrected chi connectivity index (χ3v) is 2.67. The first-order chi connectivity index (χ1) is 7.15. The standard InChI is InChI=1S/C11H17ClN2O/c12-9-7-8(4-5-11(9)15)10(14)3-1-2-6-13/h4-5,7,10,15H,1-3,6,13-14H2/t10-/m0/s1. The average Bonchev–Trinajstić information content (AvgIpc) is 2.22. The largest absolute Gasteiger partial charge is 0.506 e. The second kappa shape index (κ2) is 5.95. The molecule has 3 nitrogen and oxygen atoms in total. The summed E-state index contributed by atoms with van der Waals surface area (Å²) in [7, 11) is 0. The van der Waals surface area contributed by atoms with Crippen LogP contribution in [0.1, 0.15) is 30.9 Å². The number of nitrogens with two attached hydrogens (primary N) is 2. The molecule has 0 aliphatic carbocycles. The van der Waals surface area contributed by atoms with Gasteiger partial charge in [-0.2, -0.15) is 0 Å². The van der Waals surface area contributed by atoms with Crippen molar-refractivity contribution in [3.63, 3.8) is 0 Å². The summed E-state index contributed by atoms with van der Waals surface area (Å²) in [6.45, 7) is 0.697. The molecule has 4 heteroatoms. The molecule has 0 aliphatic heterocycles. The SMILES string of the molecule is NCCCC[C@H](N)c1ccc(O)c(Cl)c1. The lowest BCUT2D eigenvalue weighted by Crippen LogP contribution is -2.11. The van der Waals surface area contributed by atoms with Crippen LogP contribution < -0.4 is 11.5 Å². The van der Waals surface area contributed by atoms with Gasteiger partial charge >= 0.3 is 0 Å². The highest BCUT2D eigenvalue weighted by atomic mass is 35.5. The van der Waals surface area contributed by atoms with Crippen LogP contribution in [-0.4, -0.2) is 11.7 Å². The van der Waals surface area contributed by atoms with Crippen molar-refractivity contribution in [3.05, 3.63) is 28.8 Å². The number of hydrogen-bond donors (Lipinski definition) is 3. The summed E-state index contributed by atoms with van der Waals surface area (Å²) in [5.41, 5.74) is 12.3. The minimum absolute atomic E-state index is 0.0327. The van der Waals surface area contributed by atoms with Crippen molar-refractivity contribution in [1.29, 1.82) is 0 Å². The number of hydrogen-bond acceptors (Lipinski definition) is 3. The molecular weight excluding hydrogens is 212 g/mol. The van der Waals surface area contributed by atoms with Crippen molar-refractivity contribution in [2.24, 2.45) is 11.5 Å². The number of aromatic hydroxyl groups is 1. The Bertz CT molecular complexity index is 317. The van der Waals surface area contributed by atoms with E-state index >= 15 is 0 Å². The maximum Gasteiger partial charge on any atom is 0.134 e. The van der Waals surface area contributed by atoms with Crippen LogP contribution in [0.5, 0.6) is 5.75 Å². The van der Waals surface area contributed by atoms with Crippen LogP contribution in [0.25, 0.3) is 0 Å². The second-order valence-corrected chi connectivity index (χ2v) is 4.01.